The summed E-state index contributed by atoms with van der Waals surface area (Å²) in [6.07, 6.45) is 0.566. The molecule has 0 fully saturated rings. The van der Waals surface area contributed by atoms with Gasteiger partial charge in [-0.15, -0.1) is 24.0 Å². The highest BCUT2D eigenvalue weighted by Crippen LogP contribution is 2.20. The van der Waals surface area contributed by atoms with Crippen molar-refractivity contribution in [2.75, 3.05) is 33.9 Å². The van der Waals surface area contributed by atoms with Gasteiger partial charge < -0.3 is 24.6 Å². The topological polar surface area (TPSA) is 93.8 Å². The summed E-state index contributed by atoms with van der Waals surface area (Å²) in [6, 6.07) is 14.8. The molecule has 0 amide bonds. The Kier molecular flexibility index (Phi) is 10.4. The van der Waals surface area contributed by atoms with E-state index in [9.17, 15) is 0 Å². The smallest absolute Gasteiger partial charge is 0.228 e. The van der Waals surface area contributed by atoms with Crippen molar-refractivity contribution in [1.29, 1.82) is 0 Å². The third-order valence-corrected chi connectivity index (χ3v) is 4.36. The number of hydrogen-bond donors (Lipinski definition) is 2. The number of aliphatic imine (C=N–C) groups is 1. The molecule has 0 atom stereocenters. The number of methoxy groups -OCH3 is 1. The summed E-state index contributed by atoms with van der Waals surface area (Å²) >= 11 is 6.00. The molecule has 0 spiro atoms. The maximum Gasteiger partial charge on any atom is 0.228 e. The Morgan fingerprint density at radius 1 is 1.10 bits per heavy atom. The molecule has 166 valence electrons. The van der Waals surface area contributed by atoms with Crippen LogP contribution in [0.25, 0.3) is 11.4 Å². The van der Waals surface area contributed by atoms with E-state index in [-0.39, 0.29) is 24.0 Å². The molecule has 0 aliphatic rings. The lowest BCUT2D eigenvalue weighted by Gasteiger charge is -2.12. The highest BCUT2D eigenvalue weighted by atomic mass is 127. The summed E-state index contributed by atoms with van der Waals surface area (Å²) in [5, 5.41) is 11.0. The number of halogens is 2. The molecule has 2 N–H and O–H groups in total. The number of nitrogens with zero attached hydrogens (tertiary/aromatic N) is 3. The molecule has 0 bridgehead atoms. The largest absolute Gasteiger partial charge is 0.497 e. The fourth-order valence-electron chi connectivity index (χ4n) is 2.62. The van der Waals surface area contributed by atoms with Crippen molar-refractivity contribution < 1.29 is 14.0 Å². The predicted molar refractivity (Wildman–Crippen MR) is 132 cm³/mol. The number of guanidine groups is 1. The van der Waals surface area contributed by atoms with E-state index in [1.807, 2.05) is 36.4 Å². The summed E-state index contributed by atoms with van der Waals surface area (Å²) < 4.78 is 16.1. The number of hydrogen-bond acceptors (Lipinski definition) is 6. The van der Waals surface area contributed by atoms with Crippen LogP contribution in [0.2, 0.25) is 5.02 Å². The first-order chi connectivity index (χ1) is 14.7. The zero-order valence-corrected chi connectivity index (χ0v) is 20.4. The van der Waals surface area contributed by atoms with Gasteiger partial charge in [-0.1, -0.05) is 28.9 Å². The highest BCUT2D eigenvalue weighted by molar-refractivity contribution is 14.0. The minimum absolute atomic E-state index is 0. The molecule has 0 unspecified atom stereocenters. The van der Waals surface area contributed by atoms with Crippen LogP contribution in [0.3, 0.4) is 0 Å². The minimum Gasteiger partial charge on any atom is -0.497 e. The zero-order valence-electron chi connectivity index (χ0n) is 17.3. The third-order valence-electron chi connectivity index (χ3n) is 4.13. The molecule has 3 aromatic rings. The molecule has 10 heteroatoms. The lowest BCUT2D eigenvalue weighted by molar-refractivity contribution is 0.321. The Morgan fingerprint density at radius 3 is 2.55 bits per heavy atom. The lowest BCUT2D eigenvalue weighted by Crippen LogP contribution is -2.40. The maximum atomic E-state index is 6.00. The van der Waals surface area contributed by atoms with Crippen LogP contribution in [0.5, 0.6) is 11.5 Å². The van der Waals surface area contributed by atoms with Crippen LogP contribution >= 0.6 is 35.6 Å². The second-order valence-corrected chi connectivity index (χ2v) is 6.66. The average Bonchev–Trinajstić information content (AvgIpc) is 3.25. The van der Waals surface area contributed by atoms with Gasteiger partial charge in [0.15, 0.2) is 5.96 Å². The number of aromatic nitrogens is 2. The van der Waals surface area contributed by atoms with Crippen LogP contribution in [0.15, 0.2) is 58.0 Å². The maximum absolute atomic E-state index is 6.00. The standard InChI is InChI=1S/C21H24ClN5O3.HI/c1-23-21(25-12-13-29-18-8-6-17(28-2)7-9-18)24-11-10-19-26-20(27-30-19)15-4-3-5-16(22)14-15;/h3-9,14H,10-13H2,1-2H3,(H2,23,24,25);1H. The van der Waals surface area contributed by atoms with Gasteiger partial charge in [-0.2, -0.15) is 4.98 Å². The summed E-state index contributed by atoms with van der Waals surface area (Å²) in [5.74, 6) is 3.31. The minimum atomic E-state index is 0. The van der Waals surface area contributed by atoms with E-state index in [0.29, 0.717) is 48.8 Å². The van der Waals surface area contributed by atoms with E-state index < -0.39 is 0 Å². The van der Waals surface area contributed by atoms with E-state index >= 15 is 0 Å². The summed E-state index contributed by atoms with van der Waals surface area (Å²) in [5.41, 5.74) is 0.819. The Balaban J connectivity index is 0.00000341. The first-order valence-corrected chi connectivity index (χ1v) is 9.85. The molecule has 3 rings (SSSR count). The first kappa shape index (κ1) is 24.7. The lowest BCUT2D eigenvalue weighted by atomic mass is 10.2. The van der Waals surface area contributed by atoms with Gasteiger partial charge in [-0.3, -0.25) is 4.99 Å². The first-order valence-electron chi connectivity index (χ1n) is 9.48. The molecule has 0 aliphatic carbocycles. The van der Waals surface area contributed by atoms with Gasteiger partial charge >= 0.3 is 0 Å². The normalized spacial score (nSPS) is 10.9. The molecule has 0 saturated carbocycles. The van der Waals surface area contributed by atoms with Crippen LogP contribution in [-0.2, 0) is 6.42 Å². The fourth-order valence-corrected chi connectivity index (χ4v) is 2.81. The van der Waals surface area contributed by atoms with Crippen LogP contribution in [-0.4, -0.2) is 50.0 Å². The predicted octanol–water partition coefficient (Wildman–Crippen LogP) is 3.80. The summed E-state index contributed by atoms with van der Waals surface area (Å²) in [6.45, 7) is 1.70. The van der Waals surface area contributed by atoms with Gasteiger partial charge in [0.25, 0.3) is 0 Å². The molecule has 8 nitrogen and oxygen atoms in total. The second-order valence-electron chi connectivity index (χ2n) is 6.22. The second kappa shape index (κ2) is 13.0. The van der Waals surface area contributed by atoms with Crippen LogP contribution in [0.4, 0.5) is 0 Å². The molecule has 0 aliphatic heterocycles. The fraction of sp³-hybridized carbons (Fsp3) is 0.286. The average molecular weight is 558 g/mol. The van der Waals surface area contributed by atoms with Gasteiger partial charge in [-0.05, 0) is 36.4 Å². The van der Waals surface area contributed by atoms with Crippen molar-refractivity contribution in [2.45, 2.75) is 6.42 Å². The van der Waals surface area contributed by atoms with Gasteiger partial charge in [0, 0.05) is 30.6 Å². The number of ether oxygens (including phenoxy) is 2. The SMILES string of the molecule is CN=C(NCCOc1ccc(OC)cc1)NCCc1nc(-c2cccc(Cl)c2)no1.I. The molecule has 1 aromatic heterocycles. The van der Waals surface area contributed by atoms with Crippen LogP contribution < -0.4 is 20.1 Å². The molecule has 31 heavy (non-hydrogen) atoms. The van der Waals surface area contributed by atoms with Crippen molar-refractivity contribution in [1.82, 2.24) is 20.8 Å². The Bertz CT molecular complexity index is 966. The van der Waals surface area contributed by atoms with Crippen molar-refractivity contribution in [2.24, 2.45) is 4.99 Å². The van der Waals surface area contributed by atoms with E-state index in [1.165, 1.54) is 0 Å². The summed E-state index contributed by atoms with van der Waals surface area (Å²) in [4.78, 5) is 8.59. The van der Waals surface area contributed by atoms with Gasteiger partial charge in [0.05, 0.1) is 13.7 Å². The zero-order chi connectivity index (χ0) is 21.2. The molecular formula is C21H25ClIN5O3. The molecule has 1 heterocycles. The monoisotopic (exact) mass is 557 g/mol. The van der Waals surface area contributed by atoms with Crippen LogP contribution in [0, 0.1) is 0 Å². The van der Waals surface area contributed by atoms with Gasteiger partial charge in [-0.25, -0.2) is 0 Å². The van der Waals surface area contributed by atoms with Crippen molar-refractivity contribution in [3.05, 3.63) is 59.4 Å². The van der Waals surface area contributed by atoms with E-state index in [4.69, 9.17) is 25.6 Å². The Morgan fingerprint density at radius 2 is 1.84 bits per heavy atom. The molecule has 0 radical (unpaired) electrons. The van der Waals surface area contributed by atoms with Gasteiger partial charge in [0.1, 0.15) is 18.1 Å². The third kappa shape index (κ3) is 7.91. The van der Waals surface area contributed by atoms with Gasteiger partial charge in [0.2, 0.25) is 11.7 Å². The van der Waals surface area contributed by atoms with Crippen molar-refractivity contribution in [3.63, 3.8) is 0 Å². The molecular weight excluding hydrogens is 533 g/mol. The number of benzene rings is 2. The Labute approximate surface area is 203 Å². The van der Waals surface area contributed by atoms with Crippen LogP contribution in [0.1, 0.15) is 5.89 Å². The van der Waals surface area contributed by atoms with E-state index in [2.05, 4.69) is 25.8 Å². The Hall–Kier alpha value is -2.53. The quantitative estimate of drug-likeness (QED) is 0.179. The number of nitrogens with one attached hydrogen (secondary N) is 2. The molecule has 2 aromatic carbocycles. The summed E-state index contributed by atoms with van der Waals surface area (Å²) in [7, 11) is 3.35. The van der Waals surface area contributed by atoms with E-state index in [1.54, 1.807) is 26.3 Å². The van der Waals surface area contributed by atoms with Crippen molar-refractivity contribution in [3.8, 4) is 22.9 Å². The number of rotatable bonds is 9. The van der Waals surface area contributed by atoms with Crippen molar-refractivity contribution >= 4 is 41.5 Å². The highest BCUT2D eigenvalue weighted by Gasteiger charge is 2.09. The molecule has 0 saturated heterocycles. The van der Waals surface area contributed by atoms with E-state index in [0.717, 1.165) is 17.1 Å².